The van der Waals surface area contributed by atoms with Gasteiger partial charge in [-0.25, -0.2) is 25.6 Å². The van der Waals surface area contributed by atoms with Crippen molar-refractivity contribution in [2.75, 3.05) is 11.9 Å². The maximum absolute atomic E-state index is 3.78. The normalized spacial score (nSPS) is 8.07. The van der Waals surface area contributed by atoms with E-state index >= 15 is 0 Å². The number of allylic oxidation sites excluding steroid dienone is 1. The molecule has 0 radical (unpaired) electrons. The summed E-state index contributed by atoms with van der Waals surface area (Å²) in [5.41, 5.74) is 2.67. The SMILES string of the molecule is C=C([CH2-])N(C)c1[c-]cc([CH2-])cc1.[U+2].[W]. The summed E-state index contributed by atoms with van der Waals surface area (Å²) in [6.45, 7) is 11.2. The largest absolute Gasteiger partial charge is 2.00 e. The summed E-state index contributed by atoms with van der Waals surface area (Å²) in [6.07, 6.45) is 0. The summed E-state index contributed by atoms with van der Waals surface area (Å²) in [6, 6.07) is 8.80. The Balaban J connectivity index is 0. The molecule has 0 aromatic heterocycles. The first-order chi connectivity index (χ1) is 5.61. The van der Waals surface area contributed by atoms with E-state index in [1.807, 2.05) is 30.1 Å². The molecule has 0 amide bonds. The molecule has 0 heterocycles. The molecule has 0 unspecified atom stereocenters. The fourth-order valence-corrected chi connectivity index (χ4v) is 0.828. The third kappa shape index (κ3) is 4.65. The van der Waals surface area contributed by atoms with E-state index in [2.05, 4.69) is 26.5 Å². The molecule has 1 aromatic rings. The van der Waals surface area contributed by atoms with Crippen molar-refractivity contribution in [2.24, 2.45) is 0 Å². The summed E-state index contributed by atoms with van der Waals surface area (Å²) in [5.74, 6) is 0. The van der Waals surface area contributed by atoms with Crippen LogP contribution >= 0.6 is 0 Å². The van der Waals surface area contributed by atoms with E-state index in [1.54, 1.807) is 0 Å². The summed E-state index contributed by atoms with van der Waals surface area (Å²) in [4.78, 5) is 1.87. The zero-order chi connectivity index (χ0) is 9.14. The van der Waals surface area contributed by atoms with E-state index in [-0.39, 0.29) is 52.2 Å². The Kier molecular flexibility index (Phi) is 8.95. The van der Waals surface area contributed by atoms with Crippen LogP contribution in [0.5, 0.6) is 0 Å². The van der Waals surface area contributed by atoms with Crippen molar-refractivity contribution in [1.29, 1.82) is 0 Å². The predicted octanol–water partition coefficient (Wildman–Crippen LogP) is 2.45. The van der Waals surface area contributed by atoms with Crippen LogP contribution in [0, 0.1) is 51.0 Å². The van der Waals surface area contributed by atoms with Crippen LogP contribution in [0.1, 0.15) is 5.56 Å². The van der Waals surface area contributed by atoms with E-state index in [9.17, 15) is 0 Å². The van der Waals surface area contributed by atoms with Gasteiger partial charge in [0.2, 0.25) is 0 Å². The number of rotatable bonds is 2. The van der Waals surface area contributed by atoms with Crippen LogP contribution in [-0.2, 0) is 21.1 Å². The minimum absolute atomic E-state index is 0. The molecule has 72 valence electrons. The Morgan fingerprint density at radius 3 is 2.43 bits per heavy atom. The number of nitrogens with zero attached hydrogens (tertiary/aromatic N) is 1. The molecule has 0 saturated heterocycles. The first kappa shape index (κ1) is 16.7. The van der Waals surface area contributed by atoms with Crippen molar-refractivity contribution in [3.05, 3.63) is 56.0 Å². The minimum atomic E-state index is 0. The van der Waals surface area contributed by atoms with Crippen molar-refractivity contribution in [3.8, 4) is 0 Å². The zero-order valence-corrected chi connectivity index (χ0v) is 15.3. The summed E-state index contributed by atoms with van der Waals surface area (Å²) < 4.78 is 0. The van der Waals surface area contributed by atoms with Crippen molar-refractivity contribution >= 4 is 5.69 Å². The van der Waals surface area contributed by atoms with E-state index in [1.165, 1.54) is 0 Å². The van der Waals surface area contributed by atoms with Gasteiger partial charge < -0.3 is 10.5 Å². The van der Waals surface area contributed by atoms with E-state index < -0.39 is 0 Å². The standard InChI is InChI=1S/C11H12N.U.W/c1-9(2)12(4)11-7-5-10(3)6-8-11;;/h5-7H,1-3H2,4H3;;/q-3;+2;. The maximum atomic E-state index is 3.78. The van der Waals surface area contributed by atoms with Crippen LogP contribution in [0.3, 0.4) is 0 Å². The topological polar surface area (TPSA) is 3.24 Å². The van der Waals surface area contributed by atoms with Gasteiger partial charge in [-0.1, -0.05) is 0 Å². The molecule has 0 saturated carbocycles. The summed E-state index contributed by atoms with van der Waals surface area (Å²) in [5, 5.41) is 0. The van der Waals surface area contributed by atoms with Gasteiger partial charge in [0.05, 0.1) is 0 Å². The van der Waals surface area contributed by atoms with Gasteiger partial charge in [-0.05, 0) is 0 Å². The van der Waals surface area contributed by atoms with Crippen LogP contribution in [-0.4, -0.2) is 7.05 Å². The molecule has 1 aromatic carbocycles. The van der Waals surface area contributed by atoms with E-state index in [4.69, 9.17) is 0 Å². The minimum Gasteiger partial charge on any atom is -0.404 e. The van der Waals surface area contributed by atoms with Crippen molar-refractivity contribution in [2.45, 2.75) is 0 Å². The van der Waals surface area contributed by atoms with Gasteiger partial charge in [-0.3, -0.25) is 19.1 Å². The van der Waals surface area contributed by atoms with Crippen LogP contribution in [0.4, 0.5) is 5.69 Å². The van der Waals surface area contributed by atoms with Gasteiger partial charge in [0, 0.05) is 28.1 Å². The molecule has 0 N–H and O–H groups in total. The Labute approximate surface area is 125 Å². The number of hydrogen-bond acceptors (Lipinski definition) is 1. The maximum Gasteiger partial charge on any atom is 2.00 e. The average Bonchev–Trinajstić information content (AvgIpc) is 2.04. The molecule has 1 rings (SSSR count). The number of benzene rings is 1. The van der Waals surface area contributed by atoms with Crippen LogP contribution in [0.15, 0.2) is 30.5 Å². The van der Waals surface area contributed by atoms with E-state index in [0.717, 1.165) is 16.9 Å². The number of hydrogen-bond donors (Lipinski definition) is 0. The van der Waals surface area contributed by atoms with Gasteiger partial charge in [0.1, 0.15) is 0 Å². The first-order valence-electron chi connectivity index (χ1n) is 3.69. The molecule has 0 bridgehead atoms. The third-order valence-electron chi connectivity index (χ3n) is 1.70. The van der Waals surface area contributed by atoms with Gasteiger partial charge in [-0.2, -0.15) is 0 Å². The molecule has 1 nitrogen and oxygen atoms in total. The van der Waals surface area contributed by atoms with Crippen molar-refractivity contribution < 1.29 is 52.2 Å². The summed E-state index contributed by atoms with van der Waals surface area (Å²) in [7, 11) is 1.91. The Morgan fingerprint density at radius 1 is 1.50 bits per heavy atom. The second kappa shape index (κ2) is 7.52. The van der Waals surface area contributed by atoms with Gasteiger partial charge in [-0.15, -0.1) is 11.4 Å². The number of anilines is 1. The van der Waals surface area contributed by atoms with Gasteiger partial charge in [0.25, 0.3) is 0 Å². The Morgan fingerprint density at radius 2 is 2.07 bits per heavy atom. The van der Waals surface area contributed by atoms with E-state index in [0.29, 0.717) is 0 Å². The molecule has 3 heteroatoms. The third-order valence-corrected chi connectivity index (χ3v) is 1.70. The summed E-state index contributed by atoms with van der Waals surface area (Å²) >= 11 is 0. The second-order valence-electron chi connectivity index (χ2n) is 2.71. The Hall–Kier alpha value is 0.240. The molecule has 0 aliphatic carbocycles. The van der Waals surface area contributed by atoms with Gasteiger partial charge in [0.15, 0.2) is 0 Å². The molecular formula is C11H12NUW-. The van der Waals surface area contributed by atoms with Crippen LogP contribution in [0.2, 0.25) is 0 Å². The quantitative estimate of drug-likeness (QED) is 0.487. The molecule has 0 atom stereocenters. The Bertz CT molecular complexity index is 282. The molecule has 0 aliphatic heterocycles. The van der Waals surface area contributed by atoms with Gasteiger partial charge >= 0.3 is 31.1 Å². The molecule has 0 aliphatic rings. The zero-order valence-electron chi connectivity index (χ0n) is 8.21. The van der Waals surface area contributed by atoms with Crippen molar-refractivity contribution in [3.63, 3.8) is 0 Å². The predicted molar refractivity (Wildman–Crippen MR) is 52.6 cm³/mol. The fourth-order valence-electron chi connectivity index (χ4n) is 0.828. The molecule has 0 spiro atoms. The van der Waals surface area contributed by atoms with Crippen molar-refractivity contribution in [1.82, 2.24) is 0 Å². The average molecular weight is 580 g/mol. The van der Waals surface area contributed by atoms with Crippen LogP contribution in [0.25, 0.3) is 0 Å². The second-order valence-corrected chi connectivity index (χ2v) is 2.71. The molecular weight excluding hydrogens is 568 g/mol. The smallest absolute Gasteiger partial charge is 0.404 e. The molecule has 0 fully saturated rings. The first-order valence-corrected chi connectivity index (χ1v) is 3.69. The molecule has 14 heavy (non-hydrogen) atoms. The fraction of sp³-hybridized carbons (Fsp3) is 0.0909. The monoisotopic (exact) mass is 580 g/mol. The van der Waals surface area contributed by atoms with Crippen LogP contribution < -0.4 is 4.90 Å².